The fraction of sp³-hybridized carbons (Fsp3) is 1.00. The molecule has 0 unspecified atom stereocenters. The summed E-state index contributed by atoms with van der Waals surface area (Å²) in [5.74, 6) is 0. The van der Waals surface area contributed by atoms with Crippen LogP contribution in [0.2, 0.25) is 0 Å². The first-order valence-corrected chi connectivity index (χ1v) is 3.17. The molecule has 0 bridgehead atoms. The molecule has 0 amide bonds. The van der Waals surface area contributed by atoms with Crippen molar-refractivity contribution in [3.8, 4) is 0 Å². The number of halogens is 1. The largest absolute Gasteiger partial charge is 1.00 e. The van der Waals surface area contributed by atoms with E-state index in [0.29, 0.717) is 0 Å². The van der Waals surface area contributed by atoms with Crippen molar-refractivity contribution in [2.75, 3.05) is 5.21 Å². The van der Waals surface area contributed by atoms with Crippen molar-refractivity contribution in [3.05, 3.63) is 0 Å². The second-order valence-electron chi connectivity index (χ2n) is 0.667. The van der Waals surface area contributed by atoms with E-state index >= 15 is 0 Å². The Morgan fingerprint density at radius 1 is 1.57 bits per heavy atom. The molecular formula is CH2ClNaO3S. The molecule has 6 heteroatoms. The summed E-state index contributed by atoms with van der Waals surface area (Å²) in [5, 5.41) is -0.840. The Morgan fingerprint density at radius 3 is 1.71 bits per heavy atom. The third kappa shape index (κ3) is 11.0. The fourth-order valence-electron chi connectivity index (χ4n) is 0. The van der Waals surface area contributed by atoms with Crippen molar-refractivity contribution in [2.24, 2.45) is 0 Å². The van der Waals surface area contributed by atoms with Gasteiger partial charge in [-0.2, -0.15) is 0 Å². The smallest absolute Gasteiger partial charge is 0.747 e. The molecule has 0 spiro atoms. The van der Waals surface area contributed by atoms with Gasteiger partial charge in [0.25, 0.3) is 0 Å². The van der Waals surface area contributed by atoms with Crippen LogP contribution in [0.1, 0.15) is 0 Å². The van der Waals surface area contributed by atoms with Crippen LogP contribution in [0.3, 0.4) is 0 Å². The zero-order valence-electron chi connectivity index (χ0n) is 3.72. The molecule has 0 aromatic heterocycles. The van der Waals surface area contributed by atoms with Crippen LogP contribution >= 0.6 is 11.6 Å². The molecule has 0 fully saturated rings. The Morgan fingerprint density at radius 2 is 1.71 bits per heavy atom. The molecule has 0 aliphatic carbocycles. The maximum Gasteiger partial charge on any atom is 1.00 e. The van der Waals surface area contributed by atoms with Crippen molar-refractivity contribution in [3.63, 3.8) is 0 Å². The van der Waals surface area contributed by atoms with Crippen LogP contribution in [0.5, 0.6) is 0 Å². The summed E-state index contributed by atoms with van der Waals surface area (Å²) in [4.78, 5) is 0. The summed E-state index contributed by atoms with van der Waals surface area (Å²) in [5.41, 5.74) is 0. The third-order valence-electron chi connectivity index (χ3n) is 0.134. The van der Waals surface area contributed by atoms with E-state index in [1.807, 2.05) is 0 Å². The molecule has 0 rings (SSSR count). The Kier molecular flexibility index (Phi) is 6.50. The van der Waals surface area contributed by atoms with Crippen LogP contribution in [-0.2, 0) is 10.1 Å². The Bertz CT molecular complexity index is 117. The predicted molar refractivity (Wildman–Crippen MR) is 20.4 cm³/mol. The second kappa shape index (κ2) is 4.12. The third-order valence-corrected chi connectivity index (χ3v) is 1.20. The molecular weight excluding hydrogens is 151 g/mol. The van der Waals surface area contributed by atoms with E-state index < -0.39 is 15.3 Å². The summed E-state index contributed by atoms with van der Waals surface area (Å²) >= 11 is 4.58. The molecule has 0 N–H and O–H groups in total. The van der Waals surface area contributed by atoms with Crippen molar-refractivity contribution >= 4 is 21.7 Å². The summed E-state index contributed by atoms with van der Waals surface area (Å²) in [6.45, 7) is 0. The number of hydrogen-bond acceptors (Lipinski definition) is 3. The van der Waals surface area contributed by atoms with E-state index in [1.165, 1.54) is 0 Å². The number of rotatable bonds is 1. The molecule has 7 heavy (non-hydrogen) atoms. The number of alkyl halides is 1. The quantitative estimate of drug-likeness (QED) is 0.225. The molecule has 38 valence electrons. The average Bonchev–Trinajstić information content (AvgIpc) is 1.35. The van der Waals surface area contributed by atoms with Crippen molar-refractivity contribution in [2.45, 2.75) is 0 Å². The van der Waals surface area contributed by atoms with Gasteiger partial charge in [-0.3, -0.25) is 0 Å². The average molecular weight is 153 g/mol. The molecule has 0 saturated carbocycles. The van der Waals surface area contributed by atoms with Gasteiger partial charge < -0.3 is 4.55 Å². The monoisotopic (exact) mass is 152 g/mol. The van der Waals surface area contributed by atoms with Crippen molar-refractivity contribution in [1.82, 2.24) is 0 Å². The molecule has 0 aromatic carbocycles. The van der Waals surface area contributed by atoms with E-state index in [2.05, 4.69) is 11.6 Å². The molecule has 0 atom stereocenters. The van der Waals surface area contributed by atoms with Gasteiger partial charge in [-0.1, -0.05) is 0 Å². The summed E-state index contributed by atoms with van der Waals surface area (Å²) in [7, 11) is -4.15. The van der Waals surface area contributed by atoms with Crippen LogP contribution in [0.15, 0.2) is 0 Å². The van der Waals surface area contributed by atoms with E-state index in [1.54, 1.807) is 0 Å². The number of hydrogen-bond donors (Lipinski definition) is 0. The van der Waals surface area contributed by atoms with Crippen LogP contribution in [0.4, 0.5) is 0 Å². The van der Waals surface area contributed by atoms with E-state index in [0.717, 1.165) is 0 Å². The van der Waals surface area contributed by atoms with E-state index in [9.17, 15) is 13.0 Å². The van der Waals surface area contributed by atoms with Gasteiger partial charge in [0.15, 0.2) is 0 Å². The van der Waals surface area contributed by atoms with Crippen molar-refractivity contribution in [1.29, 1.82) is 0 Å². The Balaban J connectivity index is 0. The molecule has 0 aromatic rings. The zero-order chi connectivity index (χ0) is 5.21. The molecule has 0 aliphatic rings. The minimum Gasteiger partial charge on any atom is -0.747 e. The molecule has 0 heterocycles. The summed E-state index contributed by atoms with van der Waals surface area (Å²) < 4.78 is 27.9. The Hall–Kier alpha value is 1.20. The summed E-state index contributed by atoms with van der Waals surface area (Å²) in [6, 6.07) is 0. The minimum absolute atomic E-state index is 0. The molecule has 0 radical (unpaired) electrons. The second-order valence-corrected chi connectivity index (χ2v) is 2.66. The van der Waals surface area contributed by atoms with Gasteiger partial charge in [0.05, 0.1) is 0 Å². The molecule has 3 nitrogen and oxygen atoms in total. The van der Waals surface area contributed by atoms with Gasteiger partial charge in [0.1, 0.15) is 15.3 Å². The van der Waals surface area contributed by atoms with Crippen LogP contribution in [0.25, 0.3) is 0 Å². The Labute approximate surface area is 69.1 Å². The topological polar surface area (TPSA) is 57.2 Å². The molecule has 0 aliphatic heterocycles. The maximum absolute atomic E-state index is 9.31. The van der Waals surface area contributed by atoms with Gasteiger partial charge in [-0.25, -0.2) is 8.42 Å². The normalized spacial score (nSPS) is 10.0. The first kappa shape index (κ1) is 11.1. The van der Waals surface area contributed by atoms with Crippen LogP contribution in [0, 0.1) is 0 Å². The van der Waals surface area contributed by atoms with Gasteiger partial charge in [-0.15, -0.1) is 11.6 Å². The van der Waals surface area contributed by atoms with Gasteiger partial charge in [0, 0.05) is 0 Å². The first-order valence-electron chi connectivity index (χ1n) is 1.06. The molecule has 0 saturated heterocycles. The summed E-state index contributed by atoms with van der Waals surface area (Å²) in [6.07, 6.45) is 0. The van der Waals surface area contributed by atoms with Crippen LogP contribution in [-0.4, -0.2) is 18.2 Å². The maximum atomic E-state index is 9.31. The standard InChI is InChI=1S/CH3ClO3S.Na/c2-1-6(3,4)5;/h1H2,(H,3,4,5);/q;+1/p-1. The fourth-order valence-corrected chi connectivity index (χ4v) is 0. The van der Waals surface area contributed by atoms with E-state index in [4.69, 9.17) is 0 Å². The van der Waals surface area contributed by atoms with Gasteiger partial charge in [0.2, 0.25) is 0 Å². The van der Waals surface area contributed by atoms with Gasteiger partial charge in [-0.05, 0) is 0 Å². The minimum atomic E-state index is -4.15. The van der Waals surface area contributed by atoms with E-state index in [-0.39, 0.29) is 29.6 Å². The zero-order valence-corrected chi connectivity index (χ0v) is 7.29. The SMILES string of the molecule is O=S(=O)([O-])CCl.[Na+]. The predicted octanol–water partition coefficient (Wildman–Crippen LogP) is -3.27. The first-order chi connectivity index (χ1) is 2.56. The van der Waals surface area contributed by atoms with Crippen molar-refractivity contribution < 1.29 is 42.5 Å². The van der Waals surface area contributed by atoms with Gasteiger partial charge >= 0.3 is 29.6 Å². The van der Waals surface area contributed by atoms with Crippen LogP contribution < -0.4 is 29.6 Å².